The number of nitrogens with one attached hydrogen (secondary N) is 2. The zero-order valence-electron chi connectivity index (χ0n) is 12.4. The van der Waals surface area contributed by atoms with Crippen molar-refractivity contribution < 1.29 is 14.7 Å². The van der Waals surface area contributed by atoms with Gasteiger partial charge in [0.2, 0.25) is 0 Å². The van der Waals surface area contributed by atoms with Crippen LogP contribution in [-0.2, 0) is 4.79 Å². The van der Waals surface area contributed by atoms with Gasteiger partial charge in [0.1, 0.15) is 0 Å². The van der Waals surface area contributed by atoms with E-state index in [1.807, 2.05) is 38.1 Å². The summed E-state index contributed by atoms with van der Waals surface area (Å²) in [7, 11) is 0. The molecule has 5 nitrogen and oxygen atoms in total. The summed E-state index contributed by atoms with van der Waals surface area (Å²) in [5, 5.41) is 14.3. The topological polar surface area (TPSA) is 78.4 Å². The van der Waals surface area contributed by atoms with Crippen molar-refractivity contribution in [3.63, 3.8) is 0 Å². The first-order chi connectivity index (χ1) is 9.22. The van der Waals surface area contributed by atoms with Crippen LogP contribution in [0.2, 0.25) is 0 Å². The van der Waals surface area contributed by atoms with Crippen LogP contribution in [0.5, 0.6) is 0 Å². The highest BCUT2D eigenvalue weighted by molar-refractivity contribution is 5.77. The Bertz CT molecular complexity index is 480. The molecular formula is C15H22N2O3. The average molecular weight is 278 g/mol. The van der Waals surface area contributed by atoms with Crippen LogP contribution in [0.15, 0.2) is 24.3 Å². The molecule has 5 heteroatoms. The van der Waals surface area contributed by atoms with E-state index in [1.165, 1.54) is 0 Å². The summed E-state index contributed by atoms with van der Waals surface area (Å²) in [6.45, 7) is 7.10. The number of hydrogen-bond acceptors (Lipinski definition) is 2. The fourth-order valence-corrected chi connectivity index (χ4v) is 1.56. The van der Waals surface area contributed by atoms with E-state index in [9.17, 15) is 9.59 Å². The van der Waals surface area contributed by atoms with Crippen LogP contribution >= 0.6 is 0 Å². The second kappa shape index (κ2) is 6.41. The van der Waals surface area contributed by atoms with Crippen molar-refractivity contribution in [2.45, 2.75) is 33.7 Å². The van der Waals surface area contributed by atoms with E-state index in [0.29, 0.717) is 0 Å². The highest BCUT2D eigenvalue weighted by atomic mass is 16.4. The Balaban J connectivity index is 2.50. The number of carbonyl (C=O) groups is 2. The Morgan fingerprint density at radius 2 is 1.80 bits per heavy atom. The van der Waals surface area contributed by atoms with E-state index < -0.39 is 11.4 Å². The lowest BCUT2D eigenvalue weighted by atomic mass is 9.94. The molecule has 3 N–H and O–H groups in total. The number of rotatable bonds is 5. The van der Waals surface area contributed by atoms with Crippen LogP contribution in [0.1, 0.15) is 37.9 Å². The number of benzene rings is 1. The van der Waals surface area contributed by atoms with Crippen molar-refractivity contribution in [3.8, 4) is 0 Å². The molecule has 0 radical (unpaired) electrons. The first-order valence-corrected chi connectivity index (χ1v) is 6.57. The van der Waals surface area contributed by atoms with Crippen molar-refractivity contribution in [3.05, 3.63) is 35.4 Å². The predicted molar refractivity (Wildman–Crippen MR) is 77.5 cm³/mol. The fourth-order valence-electron chi connectivity index (χ4n) is 1.56. The molecule has 0 aromatic heterocycles. The van der Waals surface area contributed by atoms with Gasteiger partial charge in [-0.3, -0.25) is 4.79 Å². The van der Waals surface area contributed by atoms with Crippen molar-refractivity contribution in [2.75, 3.05) is 6.54 Å². The number of carbonyl (C=O) groups excluding carboxylic acids is 1. The Kier molecular flexibility index (Phi) is 5.13. The molecule has 0 fully saturated rings. The fraction of sp³-hybridized carbons (Fsp3) is 0.467. The predicted octanol–water partition coefficient (Wildman–Crippen LogP) is 2.47. The Labute approximate surface area is 119 Å². The van der Waals surface area contributed by atoms with Crippen molar-refractivity contribution in [2.24, 2.45) is 5.41 Å². The number of amides is 2. The molecule has 0 aliphatic heterocycles. The molecular weight excluding hydrogens is 256 g/mol. The number of carboxylic acids is 1. The number of urea groups is 1. The summed E-state index contributed by atoms with van der Waals surface area (Å²) in [6, 6.07) is 7.39. The lowest BCUT2D eigenvalue weighted by Gasteiger charge is -2.21. The van der Waals surface area contributed by atoms with Gasteiger partial charge < -0.3 is 15.7 Å². The van der Waals surface area contributed by atoms with Crippen LogP contribution < -0.4 is 10.6 Å². The zero-order valence-corrected chi connectivity index (χ0v) is 12.4. The van der Waals surface area contributed by atoms with Gasteiger partial charge in [0, 0.05) is 6.54 Å². The van der Waals surface area contributed by atoms with E-state index in [2.05, 4.69) is 10.6 Å². The summed E-state index contributed by atoms with van der Waals surface area (Å²) < 4.78 is 0. The number of aryl methyl sites for hydroxylation is 1. The number of hydrogen-bond donors (Lipinski definition) is 3. The normalized spacial score (nSPS) is 12.6. The third-order valence-electron chi connectivity index (χ3n) is 3.19. The molecule has 20 heavy (non-hydrogen) atoms. The molecule has 1 aromatic rings. The van der Waals surface area contributed by atoms with Gasteiger partial charge in [-0.1, -0.05) is 29.8 Å². The second-order valence-electron chi connectivity index (χ2n) is 5.65. The Morgan fingerprint density at radius 3 is 2.30 bits per heavy atom. The van der Waals surface area contributed by atoms with Crippen LogP contribution in [0, 0.1) is 12.3 Å². The maximum atomic E-state index is 11.7. The number of carboxylic acid groups (broad SMARTS) is 1. The summed E-state index contributed by atoms with van der Waals surface area (Å²) >= 11 is 0. The summed E-state index contributed by atoms with van der Waals surface area (Å²) in [5.74, 6) is -0.940. The SMILES string of the molecule is Cc1ccc(C(C)NC(=O)NCC(C)(C)C(=O)O)cc1. The smallest absolute Gasteiger partial charge is 0.315 e. The maximum absolute atomic E-state index is 11.7. The Hall–Kier alpha value is -2.04. The van der Waals surface area contributed by atoms with Gasteiger partial charge in [-0.25, -0.2) is 4.79 Å². The van der Waals surface area contributed by atoms with Crippen molar-refractivity contribution >= 4 is 12.0 Å². The molecule has 0 saturated heterocycles. The molecule has 1 rings (SSSR count). The summed E-state index contributed by atoms with van der Waals surface area (Å²) in [6.07, 6.45) is 0. The van der Waals surface area contributed by atoms with E-state index in [1.54, 1.807) is 13.8 Å². The lowest BCUT2D eigenvalue weighted by molar-refractivity contribution is -0.146. The molecule has 0 spiro atoms. The standard InChI is InChI=1S/C15H22N2O3/c1-10-5-7-12(8-6-10)11(2)17-14(20)16-9-15(3,4)13(18)19/h5-8,11H,9H2,1-4H3,(H,18,19)(H2,16,17,20). The van der Waals surface area contributed by atoms with Crippen molar-refractivity contribution in [1.82, 2.24) is 10.6 Å². The van der Waals surface area contributed by atoms with Gasteiger partial charge in [0.25, 0.3) is 0 Å². The largest absolute Gasteiger partial charge is 0.481 e. The van der Waals surface area contributed by atoms with E-state index >= 15 is 0 Å². The van der Waals surface area contributed by atoms with Gasteiger partial charge in [-0.05, 0) is 33.3 Å². The van der Waals surface area contributed by atoms with Crippen LogP contribution in [0.4, 0.5) is 4.79 Å². The monoisotopic (exact) mass is 278 g/mol. The highest BCUT2D eigenvalue weighted by Gasteiger charge is 2.27. The third kappa shape index (κ3) is 4.57. The third-order valence-corrected chi connectivity index (χ3v) is 3.19. The van der Waals surface area contributed by atoms with Gasteiger partial charge in [0.05, 0.1) is 11.5 Å². The molecule has 2 amide bonds. The van der Waals surface area contributed by atoms with Crippen LogP contribution in [0.25, 0.3) is 0 Å². The maximum Gasteiger partial charge on any atom is 0.315 e. The van der Waals surface area contributed by atoms with Crippen LogP contribution in [0.3, 0.4) is 0 Å². The molecule has 1 unspecified atom stereocenters. The lowest BCUT2D eigenvalue weighted by Crippen LogP contribution is -2.44. The molecule has 1 aromatic carbocycles. The van der Waals surface area contributed by atoms with Crippen LogP contribution in [-0.4, -0.2) is 23.7 Å². The van der Waals surface area contributed by atoms with Gasteiger partial charge in [-0.15, -0.1) is 0 Å². The zero-order chi connectivity index (χ0) is 15.3. The molecule has 1 atom stereocenters. The van der Waals surface area contributed by atoms with Gasteiger partial charge >= 0.3 is 12.0 Å². The molecule has 0 bridgehead atoms. The van der Waals surface area contributed by atoms with Crippen molar-refractivity contribution in [1.29, 1.82) is 0 Å². The molecule has 0 aliphatic carbocycles. The summed E-state index contributed by atoms with van der Waals surface area (Å²) in [4.78, 5) is 22.7. The number of aliphatic carboxylic acids is 1. The minimum atomic E-state index is -0.982. The Morgan fingerprint density at radius 1 is 1.25 bits per heavy atom. The first kappa shape index (κ1) is 16.0. The second-order valence-corrected chi connectivity index (χ2v) is 5.65. The summed E-state index contributed by atoms with van der Waals surface area (Å²) in [5.41, 5.74) is 1.18. The van der Waals surface area contributed by atoms with Gasteiger partial charge in [-0.2, -0.15) is 0 Å². The molecule has 0 saturated carbocycles. The average Bonchev–Trinajstić information content (AvgIpc) is 2.37. The van der Waals surface area contributed by atoms with Gasteiger partial charge in [0.15, 0.2) is 0 Å². The first-order valence-electron chi connectivity index (χ1n) is 6.57. The van der Waals surface area contributed by atoms with E-state index in [0.717, 1.165) is 11.1 Å². The van der Waals surface area contributed by atoms with E-state index in [4.69, 9.17) is 5.11 Å². The minimum Gasteiger partial charge on any atom is -0.481 e. The van der Waals surface area contributed by atoms with E-state index in [-0.39, 0.29) is 18.6 Å². The highest BCUT2D eigenvalue weighted by Crippen LogP contribution is 2.14. The quantitative estimate of drug-likeness (QED) is 0.774. The minimum absolute atomic E-state index is 0.0782. The molecule has 0 aliphatic rings. The molecule has 110 valence electrons. The molecule has 0 heterocycles.